The molecule has 1 aliphatic rings. The predicted octanol–water partition coefficient (Wildman–Crippen LogP) is 2.60. The summed E-state index contributed by atoms with van der Waals surface area (Å²) in [4.78, 5) is 0. The molecule has 0 aromatic heterocycles. The summed E-state index contributed by atoms with van der Waals surface area (Å²) in [5.41, 5.74) is 0. The van der Waals surface area contributed by atoms with Crippen LogP contribution in [0.15, 0.2) is 22.7 Å². The summed E-state index contributed by atoms with van der Waals surface area (Å²) in [6, 6.07) is 5.66. The predicted molar refractivity (Wildman–Crippen MR) is 66.5 cm³/mol. The molecule has 94 valence electrons. The monoisotopic (exact) mass is 302 g/mol. The van der Waals surface area contributed by atoms with E-state index in [9.17, 15) is 0 Å². The number of hydrogen-bond acceptors (Lipinski definition) is 4. The fraction of sp³-hybridized carbons (Fsp3) is 0.500. The molecule has 0 spiro atoms. The van der Waals surface area contributed by atoms with Gasteiger partial charge in [0.2, 0.25) is 0 Å². The molecule has 0 unspecified atom stereocenters. The minimum atomic E-state index is -0.131. The molecule has 0 radical (unpaired) electrons. The van der Waals surface area contributed by atoms with Crippen LogP contribution in [0.3, 0.4) is 0 Å². The summed E-state index contributed by atoms with van der Waals surface area (Å²) >= 11 is 3.40. The molecule has 1 aromatic rings. The summed E-state index contributed by atoms with van der Waals surface area (Å²) < 4.78 is 22.5. The normalized spacial score (nSPS) is 16.1. The highest BCUT2D eigenvalue weighted by molar-refractivity contribution is 9.10. The maximum atomic E-state index is 5.66. The van der Waals surface area contributed by atoms with Gasteiger partial charge >= 0.3 is 0 Å². The van der Waals surface area contributed by atoms with Crippen molar-refractivity contribution in [3.05, 3.63) is 22.7 Å². The molecule has 1 heterocycles. The van der Waals surface area contributed by atoms with Crippen LogP contribution in [0, 0.1) is 0 Å². The number of benzene rings is 1. The molecular weight excluding hydrogens is 288 g/mol. The van der Waals surface area contributed by atoms with Gasteiger partial charge in [-0.25, -0.2) is 0 Å². The standard InChI is InChI=1S/C12H15BrO4/c1-14-10-3-2-9(13)8-11(10)15-5-4-12-16-6-7-17-12/h2-3,8,12H,4-7H2,1H3. The van der Waals surface area contributed by atoms with Crippen LogP contribution in [0.5, 0.6) is 11.5 Å². The van der Waals surface area contributed by atoms with Crippen LogP contribution >= 0.6 is 15.9 Å². The van der Waals surface area contributed by atoms with Gasteiger partial charge in [-0.15, -0.1) is 0 Å². The Morgan fingerprint density at radius 2 is 2.06 bits per heavy atom. The van der Waals surface area contributed by atoms with E-state index < -0.39 is 0 Å². The molecule has 0 N–H and O–H groups in total. The Balaban J connectivity index is 1.86. The highest BCUT2D eigenvalue weighted by Gasteiger charge is 2.16. The summed E-state index contributed by atoms with van der Waals surface area (Å²) in [5.74, 6) is 1.45. The molecule has 0 aliphatic carbocycles. The van der Waals surface area contributed by atoms with Crippen molar-refractivity contribution in [2.75, 3.05) is 26.9 Å². The highest BCUT2D eigenvalue weighted by Crippen LogP contribution is 2.30. The third-order valence-electron chi connectivity index (χ3n) is 2.43. The van der Waals surface area contributed by atoms with Gasteiger partial charge in [-0.1, -0.05) is 15.9 Å². The molecule has 1 saturated heterocycles. The molecule has 17 heavy (non-hydrogen) atoms. The second-order valence-corrected chi connectivity index (χ2v) is 4.52. The molecule has 0 amide bonds. The van der Waals surface area contributed by atoms with Crippen molar-refractivity contribution in [1.82, 2.24) is 0 Å². The van der Waals surface area contributed by atoms with E-state index in [0.717, 1.165) is 22.4 Å². The first-order valence-corrected chi connectivity index (χ1v) is 6.28. The summed E-state index contributed by atoms with van der Waals surface area (Å²) in [6.45, 7) is 1.88. The van der Waals surface area contributed by atoms with Gasteiger partial charge < -0.3 is 18.9 Å². The lowest BCUT2D eigenvalue weighted by Gasteiger charge is -2.13. The van der Waals surface area contributed by atoms with E-state index in [4.69, 9.17) is 18.9 Å². The number of methoxy groups -OCH3 is 1. The van der Waals surface area contributed by atoms with Gasteiger partial charge in [0.1, 0.15) is 0 Å². The average molecular weight is 303 g/mol. The Bertz CT molecular complexity index is 364. The van der Waals surface area contributed by atoms with Crippen molar-refractivity contribution in [2.24, 2.45) is 0 Å². The van der Waals surface area contributed by atoms with Crippen molar-refractivity contribution >= 4 is 15.9 Å². The van der Waals surface area contributed by atoms with Crippen molar-refractivity contribution in [3.63, 3.8) is 0 Å². The Labute approximate surface area is 109 Å². The molecule has 0 saturated carbocycles. The fourth-order valence-electron chi connectivity index (χ4n) is 1.60. The lowest BCUT2D eigenvalue weighted by atomic mass is 10.3. The van der Waals surface area contributed by atoms with E-state index in [1.165, 1.54) is 0 Å². The topological polar surface area (TPSA) is 36.9 Å². The van der Waals surface area contributed by atoms with Gasteiger partial charge in [0.25, 0.3) is 0 Å². The van der Waals surface area contributed by atoms with Gasteiger partial charge in [0.15, 0.2) is 17.8 Å². The SMILES string of the molecule is COc1ccc(Br)cc1OCCC1OCCO1. The Morgan fingerprint density at radius 1 is 1.29 bits per heavy atom. The number of rotatable bonds is 5. The average Bonchev–Trinajstić information content (AvgIpc) is 2.82. The lowest BCUT2D eigenvalue weighted by molar-refractivity contribution is -0.0532. The quantitative estimate of drug-likeness (QED) is 0.838. The lowest BCUT2D eigenvalue weighted by Crippen LogP contribution is -2.12. The first kappa shape index (κ1) is 12.7. The molecule has 1 fully saturated rings. The molecule has 0 atom stereocenters. The minimum Gasteiger partial charge on any atom is -0.493 e. The number of halogens is 1. The van der Waals surface area contributed by atoms with Crippen LogP contribution in [0.1, 0.15) is 6.42 Å². The van der Waals surface area contributed by atoms with E-state index in [0.29, 0.717) is 19.8 Å². The van der Waals surface area contributed by atoms with Gasteiger partial charge in [-0.05, 0) is 18.2 Å². The first-order valence-electron chi connectivity index (χ1n) is 5.49. The maximum absolute atomic E-state index is 5.66. The van der Waals surface area contributed by atoms with Gasteiger partial charge in [0, 0.05) is 10.9 Å². The summed E-state index contributed by atoms with van der Waals surface area (Å²) in [6.07, 6.45) is 0.587. The number of hydrogen-bond donors (Lipinski definition) is 0. The fourth-order valence-corrected chi connectivity index (χ4v) is 1.94. The maximum Gasteiger partial charge on any atom is 0.162 e. The van der Waals surface area contributed by atoms with Gasteiger partial charge in [0.05, 0.1) is 26.9 Å². The molecule has 1 aliphatic heterocycles. The highest BCUT2D eigenvalue weighted by atomic mass is 79.9. The largest absolute Gasteiger partial charge is 0.493 e. The van der Waals surface area contributed by atoms with Crippen molar-refractivity contribution in [3.8, 4) is 11.5 Å². The van der Waals surface area contributed by atoms with E-state index in [-0.39, 0.29) is 6.29 Å². The summed E-state index contributed by atoms with van der Waals surface area (Å²) in [7, 11) is 1.62. The molecule has 1 aromatic carbocycles. The zero-order valence-electron chi connectivity index (χ0n) is 9.65. The van der Waals surface area contributed by atoms with Crippen LogP contribution in [0.2, 0.25) is 0 Å². The molecule has 2 rings (SSSR count). The summed E-state index contributed by atoms with van der Waals surface area (Å²) in [5, 5.41) is 0. The first-order chi connectivity index (χ1) is 8.29. The number of ether oxygens (including phenoxy) is 4. The molecule has 5 heteroatoms. The molecule has 4 nitrogen and oxygen atoms in total. The third-order valence-corrected chi connectivity index (χ3v) is 2.92. The third kappa shape index (κ3) is 3.59. The minimum absolute atomic E-state index is 0.131. The second kappa shape index (κ2) is 6.23. The van der Waals surface area contributed by atoms with Crippen LogP contribution in [0.4, 0.5) is 0 Å². The smallest absolute Gasteiger partial charge is 0.162 e. The van der Waals surface area contributed by atoms with Crippen LogP contribution in [-0.2, 0) is 9.47 Å². The Hall–Kier alpha value is -0.780. The van der Waals surface area contributed by atoms with Crippen molar-refractivity contribution in [2.45, 2.75) is 12.7 Å². The van der Waals surface area contributed by atoms with Crippen LogP contribution in [-0.4, -0.2) is 33.2 Å². The van der Waals surface area contributed by atoms with E-state index >= 15 is 0 Å². The zero-order chi connectivity index (χ0) is 12.1. The molecular formula is C12H15BrO4. The van der Waals surface area contributed by atoms with E-state index in [1.54, 1.807) is 7.11 Å². The van der Waals surface area contributed by atoms with E-state index in [2.05, 4.69) is 15.9 Å². The Kier molecular flexibility index (Phi) is 4.65. The second-order valence-electron chi connectivity index (χ2n) is 3.60. The van der Waals surface area contributed by atoms with Gasteiger partial charge in [-0.2, -0.15) is 0 Å². The van der Waals surface area contributed by atoms with Crippen LogP contribution < -0.4 is 9.47 Å². The van der Waals surface area contributed by atoms with Crippen molar-refractivity contribution in [1.29, 1.82) is 0 Å². The molecule has 0 bridgehead atoms. The Morgan fingerprint density at radius 3 is 2.76 bits per heavy atom. The van der Waals surface area contributed by atoms with Crippen LogP contribution in [0.25, 0.3) is 0 Å². The van der Waals surface area contributed by atoms with E-state index in [1.807, 2.05) is 18.2 Å². The zero-order valence-corrected chi connectivity index (χ0v) is 11.2. The van der Waals surface area contributed by atoms with Gasteiger partial charge in [-0.3, -0.25) is 0 Å². The van der Waals surface area contributed by atoms with Crippen molar-refractivity contribution < 1.29 is 18.9 Å².